The molecule has 3 N–H and O–H groups in total. The fraction of sp³-hybridized carbons (Fsp3) is 0.429. The molecule has 4 atom stereocenters. The predicted molar refractivity (Wildman–Crippen MR) is 264 cm³/mol. The molecule has 0 aliphatic carbocycles. The lowest BCUT2D eigenvalue weighted by Gasteiger charge is -2.36. The number of carbonyl (C=O) groups is 2. The van der Waals surface area contributed by atoms with E-state index in [1.54, 1.807) is 84.9 Å². The molecule has 0 radical (unpaired) electrons. The highest BCUT2D eigenvalue weighted by atomic mass is 32.2. The molecule has 384 valence electrons. The fourth-order valence-corrected chi connectivity index (χ4v) is 11.5. The molecule has 0 bridgehead atoms. The van der Waals surface area contributed by atoms with E-state index in [1.807, 2.05) is 17.4 Å². The van der Waals surface area contributed by atoms with Crippen LogP contribution in [0.5, 0.6) is 0 Å². The first-order chi connectivity index (χ1) is 33.8. The highest BCUT2D eigenvalue weighted by Gasteiger charge is 2.29. The number of rotatable bonds is 20. The average Bonchev–Trinajstić information content (AvgIpc) is 3.85. The summed E-state index contributed by atoms with van der Waals surface area (Å²) < 4.78 is 112. The van der Waals surface area contributed by atoms with Gasteiger partial charge in [-0.25, -0.2) is 16.8 Å². The Labute approximate surface area is 412 Å². The molecule has 7 rings (SSSR count). The van der Waals surface area contributed by atoms with Gasteiger partial charge in [0.2, 0.25) is 25.9 Å². The highest BCUT2D eigenvalue weighted by Crippen LogP contribution is 2.27. The maximum atomic E-state index is 13.5. The van der Waals surface area contributed by atoms with Crippen molar-refractivity contribution in [3.8, 4) is 11.5 Å². The van der Waals surface area contributed by atoms with Gasteiger partial charge in [-0.3, -0.25) is 28.0 Å². The largest absolute Gasteiger partial charge is 0.415 e. The number of alkyl halides is 4. The van der Waals surface area contributed by atoms with Gasteiger partial charge in [-0.15, -0.1) is 10.2 Å². The molecule has 2 aliphatic heterocycles. The van der Waals surface area contributed by atoms with Gasteiger partial charge in [0.1, 0.15) is 0 Å². The van der Waals surface area contributed by atoms with E-state index in [0.717, 1.165) is 31.7 Å². The topological polar surface area (TPSA) is 190 Å². The van der Waals surface area contributed by atoms with Crippen LogP contribution in [0.15, 0.2) is 114 Å². The molecule has 2 aliphatic rings. The lowest BCUT2D eigenvalue weighted by atomic mass is 10.1. The number of hydrogen-bond donors (Lipinski definition) is 3. The Balaban J connectivity index is 0.000000232. The first-order valence-electron chi connectivity index (χ1n) is 23.2. The molecule has 5 aromatic rings. The van der Waals surface area contributed by atoms with Gasteiger partial charge in [0, 0.05) is 74.6 Å². The summed E-state index contributed by atoms with van der Waals surface area (Å²) in [5, 5.41) is 15.8. The molecule has 71 heavy (non-hydrogen) atoms. The van der Waals surface area contributed by atoms with Crippen molar-refractivity contribution >= 4 is 43.1 Å². The van der Waals surface area contributed by atoms with Crippen LogP contribution in [0, 0.1) is 0 Å². The maximum Gasteiger partial charge on any atom is 0.315 e. The molecule has 16 nitrogen and oxygen atoms in total. The maximum absolute atomic E-state index is 13.5. The van der Waals surface area contributed by atoms with Gasteiger partial charge < -0.3 is 20.4 Å². The number of anilines is 2. The standard InChI is InChI=1S/C25H32F2N4O4S.C24H29F2N5O3S/c1-18-15-30(16-19(2)29-18)12-13-36(34,35)31(22-6-4-3-5-7-22)17-20-8-10-21(11-9-20)23(32)14-28-25(33)24(26)27;1-17-14-30(15-18(2)27-17)12-13-35(32,33)31(21-6-4-3-5-7-21)16-19-8-10-20(11-9-19)23-28-29-24(34-23)22(25)26/h3-11,18-19,24,29H,12-17H2,1-2H3,(H,28,33);3-11,17-18,22,27H,12-16H2,1-2H3/t18-,19+;17-,18+. The van der Waals surface area contributed by atoms with E-state index in [2.05, 4.69) is 58.3 Å². The Bertz CT molecular complexity index is 2690. The van der Waals surface area contributed by atoms with E-state index in [0.29, 0.717) is 47.7 Å². The first-order valence-corrected chi connectivity index (χ1v) is 26.4. The van der Waals surface area contributed by atoms with Crippen LogP contribution in [0.3, 0.4) is 0 Å². The Morgan fingerprint density at radius 3 is 1.46 bits per heavy atom. The summed E-state index contributed by atoms with van der Waals surface area (Å²) in [4.78, 5) is 27.5. The number of benzene rings is 4. The van der Waals surface area contributed by atoms with Crippen LogP contribution in [-0.4, -0.2) is 136 Å². The van der Waals surface area contributed by atoms with Gasteiger partial charge in [-0.1, -0.05) is 72.8 Å². The molecule has 3 heterocycles. The number of carbonyl (C=O) groups excluding carboxylic acids is 2. The van der Waals surface area contributed by atoms with Gasteiger partial charge in [0.15, 0.2) is 5.78 Å². The lowest BCUT2D eigenvalue weighted by molar-refractivity contribution is -0.131. The monoisotopic (exact) mass is 1030 g/mol. The number of nitrogens with zero attached hydrogens (tertiary/aromatic N) is 6. The number of sulfonamides is 2. The molecule has 4 aromatic carbocycles. The molecular formula is C49H61F4N9O7S2. The number of hydrogen-bond acceptors (Lipinski definition) is 13. The van der Waals surface area contributed by atoms with Crippen molar-refractivity contribution in [2.45, 2.75) is 77.8 Å². The quantitative estimate of drug-likeness (QED) is 0.0612. The van der Waals surface area contributed by atoms with Gasteiger partial charge in [-0.05, 0) is 75.2 Å². The number of piperazine rings is 2. The lowest BCUT2D eigenvalue weighted by Crippen LogP contribution is -2.55. The minimum absolute atomic E-state index is 0.00217. The second kappa shape index (κ2) is 25.1. The normalized spacial score (nSPS) is 19.0. The van der Waals surface area contributed by atoms with Crippen LogP contribution >= 0.6 is 0 Å². The van der Waals surface area contributed by atoms with Crippen LogP contribution < -0.4 is 24.6 Å². The summed E-state index contributed by atoms with van der Waals surface area (Å²) in [5.74, 6) is -2.83. The third-order valence-corrected chi connectivity index (χ3v) is 15.2. The van der Waals surface area contributed by atoms with E-state index in [1.165, 1.54) is 20.7 Å². The van der Waals surface area contributed by atoms with Crippen LogP contribution in [0.2, 0.25) is 0 Å². The number of nitrogens with one attached hydrogen (secondary N) is 3. The second-order valence-electron chi connectivity index (χ2n) is 17.9. The second-order valence-corrected chi connectivity index (χ2v) is 21.9. The Morgan fingerprint density at radius 1 is 0.648 bits per heavy atom. The van der Waals surface area contributed by atoms with Crippen molar-refractivity contribution in [3.05, 3.63) is 132 Å². The van der Waals surface area contributed by atoms with E-state index < -0.39 is 57.0 Å². The smallest absolute Gasteiger partial charge is 0.315 e. The van der Waals surface area contributed by atoms with Crippen LogP contribution in [0.1, 0.15) is 61.5 Å². The van der Waals surface area contributed by atoms with Crippen LogP contribution in [0.4, 0.5) is 28.9 Å². The minimum atomic E-state index is -3.67. The van der Waals surface area contributed by atoms with E-state index in [4.69, 9.17) is 4.42 Å². The third kappa shape index (κ3) is 16.1. The molecule has 22 heteroatoms. The summed E-state index contributed by atoms with van der Waals surface area (Å²) >= 11 is 0. The number of Topliss-reactive ketones (excluding diaryl/α,β-unsaturated/α-hetero) is 1. The number of amides is 1. The van der Waals surface area contributed by atoms with Crippen LogP contribution in [0.25, 0.3) is 11.5 Å². The molecular weight excluding hydrogens is 967 g/mol. The summed E-state index contributed by atoms with van der Waals surface area (Å²) in [7, 11) is -7.30. The van der Waals surface area contributed by atoms with Gasteiger partial charge in [0.05, 0.1) is 42.5 Å². The zero-order valence-corrected chi connectivity index (χ0v) is 41.6. The highest BCUT2D eigenvalue weighted by molar-refractivity contribution is 7.93. The Kier molecular flexibility index (Phi) is 19.2. The average molecular weight is 1030 g/mol. The minimum Gasteiger partial charge on any atom is -0.415 e. The predicted octanol–water partition coefficient (Wildman–Crippen LogP) is 5.96. The van der Waals surface area contributed by atoms with Crippen molar-refractivity contribution in [1.29, 1.82) is 0 Å². The van der Waals surface area contributed by atoms with E-state index in [9.17, 15) is 44.0 Å². The zero-order chi connectivity index (χ0) is 51.3. The number of aromatic nitrogens is 2. The molecule has 0 spiro atoms. The molecule has 2 saturated heterocycles. The number of para-hydroxylation sites is 2. The molecule has 0 unspecified atom stereocenters. The summed E-state index contributed by atoms with van der Waals surface area (Å²) in [6.07, 6.45) is -6.03. The Morgan fingerprint density at radius 2 is 1.07 bits per heavy atom. The fourth-order valence-electron chi connectivity index (χ4n) is 8.51. The summed E-state index contributed by atoms with van der Waals surface area (Å²) in [5.41, 5.74) is 3.21. The molecule has 1 amide bonds. The van der Waals surface area contributed by atoms with Crippen molar-refractivity contribution < 1.29 is 48.4 Å². The molecule has 2 fully saturated rings. The van der Waals surface area contributed by atoms with Gasteiger partial charge in [0.25, 0.3) is 11.8 Å². The first kappa shape index (κ1) is 54.6. The van der Waals surface area contributed by atoms with E-state index in [-0.39, 0.29) is 48.1 Å². The third-order valence-electron chi connectivity index (χ3n) is 11.7. The SMILES string of the molecule is C[C@@H]1CN(CCS(=O)(=O)N(Cc2ccc(-c3nnc(C(F)F)o3)cc2)c2ccccc2)C[C@H](C)N1.C[C@@H]1CN(CCS(=O)(=O)N(Cc2ccc(C(=O)CNC(=O)C(F)F)cc2)c2ccccc2)C[C@H](C)N1. The van der Waals surface area contributed by atoms with Crippen molar-refractivity contribution in [1.82, 2.24) is 35.9 Å². The number of ketones is 1. The molecule has 0 saturated carbocycles. The Hall–Kier alpha value is -5.78. The summed E-state index contributed by atoms with van der Waals surface area (Å²) in [6.45, 7) is 12.0. The summed E-state index contributed by atoms with van der Waals surface area (Å²) in [6, 6.07) is 32.0. The van der Waals surface area contributed by atoms with Crippen LogP contribution in [-0.2, 0) is 37.9 Å². The van der Waals surface area contributed by atoms with Crippen molar-refractivity contribution in [3.63, 3.8) is 0 Å². The molecule has 1 aromatic heterocycles. The van der Waals surface area contributed by atoms with E-state index >= 15 is 0 Å². The zero-order valence-electron chi connectivity index (χ0n) is 40.0. The van der Waals surface area contributed by atoms with Crippen molar-refractivity contribution in [2.24, 2.45) is 0 Å². The van der Waals surface area contributed by atoms with Crippen molar-refractivity contribution in [2.75, 3.05) is 65.9 Å². The van der Waals surface area contributed by atoms with Gasteiger partial charge in [-0.2, -0.15) is 17.6 Å². The number of halogens is 4. The van der Waals surface area contributed by atoms with Gasteiger partial charge >= 0.3 is 12.9 Å².